The Labute approximate surface area is 125 Å². The van der Waals surface area contributed by atoms with Crippen LogP contribution in [-0.4, -0.2) is 44.7 Å². The van der Waals surface area contributed by atoms with Crippen LogP contribution in [0.25, 0.3) is 0 Å². The maximum absolute atomic E-state index is 11.9. The number of amides is 2. The van der Waals surface area contributed by atoms with E-state index in [-0.39, 0.29) is 12.1 Å². The van der Waals surface area contributed by atoms with Gasteiger partial charge in [-0.1, -0.05) is 4.49 Å². The summed E-state index contributed by atoms with van der Waals surface area (Å²) in [6.45, 7) is 1.61. The van der Waals surface area contributed by atoms with Gasteiger partial charge < -0.3 is 10.2 Å². The predicted molar refractivity (Wildman–Crippen MR) is 79.3 cm³/mol. The molecule has 3 heterocycles. The van der Waals surface area contributed by atoms with Crippen LogP contribution in [-0.2, 0) is 0 Å². The monoisotopic (exact) mass is 305 g/mol. The molecule has 2 N–H and O–H groups in total. The van der Waals surface area contributed by atoms with Crippen molar-refractivity contribution in [2.75, 3.05) is 23.3 Å². The van der Waals surface area contributed by atoms with Crippen molar-refractivity contribution in [3.05, 3.63) is 24.7 Å². The third-order valence-electron chi connectivity index (χ3n) is 3.19. The fraction of sp³-hybridized carbons (Fsp3) is 0.417. The Morgan fingerprint density at radius 3 is 3.00 bits per heavy atom. The normalized spacial score (nSPS) is 18.3. The van der Waals surface area contributed by atoms with E-state index >= 15 is 0 Å². The maximum Gasteiger partial charge on any atom is 0.320 e. The molecule has 0 radical (unpaired) electrons. The minimum atomic E-state index is -0.234. The molecule has 21 heavy (non-hydrogen) atoms. The highest BCUT2D eigenvalue weighted by atomic mass is 32.1. The van der Waals surface area contributed by atoms with Crippen LogP contribution in [0.5, 0.6) is 0 Å². The molecule has 1 aliphatic rings. The number of carbonyl (C=O) groups excluding carboxylic acids is 1. The molecule has 3 rings (SSSR count). The van der Waals surface area contributed by atoms with Gasteiger partial charge in [0, 0.05) is 43.1 Å². The summed E-state index contributed by atoms with van der Waals surface area (Å²) in [5.74, 6) is 0.705. The lowest BCUT2D eigenvalue weighted by molar-refractivity contribution is 0.246. The Morgan fingerprint density at radius 2 is 2.24 bits per heavy atom. The van der Waals surface area contributed by atoms with E-state index in [1.807, 2.05) is 0 Å². The van der Waals surface area contributed by atoms with Crippen LogP contribution in [0.3, 0.4) is 0 Å². The summed E-state index contributed by atoms with van der Waals surface area (Å²) in [5, 5.41) is 9.98. The van der Waals surface area contributed by atoms with Gasteiger partial charge in [-0.05, 0) is 18.9 Å². The first-order valence-corrected chi connectivity index (χ1v) is 7.45. The molecule has 2 aromatic heterocycles. The SMILES string of the molecule is O=C(Nc1cnns1)NC1CCCN(c2ncccn2)C1. The number of nitrogens with zero attached hydrogens (tertiary/aromatic N) is 5. The second-order valence-corrected chi connectivity index (χ2v) is 5.50. The molecular formula is C12H15N7OS. The van der Waals surface area contributed by atoms with E-state index in [0.717, 1.165) is 30.9 Å². The second kappa shape index (κ2) is 6.44. The average Bonchev–Trinajstić information content (AvgIpc) is 3.01. The molecule has 1 atom stereocenters. The summed E-state index contributed by atoms with van der Waals surface area (Å²) in [6, 6.07) is 1.63. The molecule has 0 aliphatic carbocycles. The maximum atomic E-state index is 11.9. The number of rotatable bonds is 3. The van der Waals surface area contributed by atoms with Crippen molar-refractivity contribution >= 4 is 28.5 Å². The summed E-state index contributed by atoms with van der Waals surface area (Å²) >= 11 is 1.15. The molecule has 0 saturated carbocycles. The van der Waals surface area contributed by atoms with Crippen molar-refractivity contribution in [2.24, 2.45) is 0 Å². The molecule has 2 aromatic rings. The lowest BCUT2D eigenvalue weighted by atomic mass is 10.1. The first-order chi connectivity index (χ1) is 10.3. The predicted octanol–water partition coefficient (Wildman–Crippen LogP) is 1.12. The van der Waals surface area contributed by atoms with E-state index in [1.165, 1.54) is 6.20 Å². The van der Waals surface area contributed by atoms with Crippen molar-refractivity contribution in [1.29, 1.82) is 0 Å². The van der Waals surface area contributed by atoms with Gasteiger partial charge in [-0.25, -0.2) is 14.8 Å². The molecule has 110 valence electrons. The van der Waals surface area contributed by atoms with Gasteiger partial charge in [0.1, 0.15) is 5.00 Å². The quantitative estimate of drug-likeness (QED) is 0.882. The Bertz CT molecular complexity index is 577. The average molecular weight is 305 g/mol. The third-order valence-corrected chi connectivity index (χ3v) is 3.77. The topological polar surface area (TPSA) is 95.9 Å². The minimum absolute atomic E-state index is 0.0726. The van der Waals surface area contributed by atoms with E-state index in [2.05, 4.69) is 35.1 Å². The van der Waals surface area contributed by atoms with Crippen molar-refractivity contribution in [1.82, 2.24) is 24.9 Å². The summed E-state index contributed by atoms with van der Waals surface area (Å²) in [6.07, 6.45) is 6.91. The van der Waals surface area contributed by atoms with Crippen LogP contribution < -0.4 is 15.5 Å². The van der Waals surface area contributed by atoms with Gasteiger partial charge in [0.05, 0.1) is 6.20 Å². The van der Waals surface area contributed by atoms with Gasteiger partial charge in [0.15, 0.2) is 0 Å². The minimum Gasteiger partial charge on any atom is -0.339 e. The first-order valence-electron chi connectivity index (χ1n) is 6.68. The molecule has 1 saturated heterocycles. The largest absolute Gasteiger partial charge is 0.339 e. The smallest absolute Gasteiger partial charge is 0.320 e. The summed E-state index contributed by atoms with van der Waals surface area (Å²) in [5.41, 5.74) is 0. The fourth-order valence-electron chi connectivity index (χ4n) is 2.29. The summed E-state index contributed by atoms with van der Waals surface area (Å²) in [7, 11) is 0. The van der Waals surface area contributed by atoms with Crippen LogP contribution in [0.2, 0.25) is 0 Å². The Hall–Kier alpha value is -2.29. The van der Waals surface area contributed by atoms with Crippen LogP contribution in [0, 0.1) is 0 Å². The molecule has 0 aromatic carbocycles. The lowest BCUT2D eigenvalue weighted by Crippen LogP contribution is -2.49. The highest BCUT2D eigenvalue weighted by Crippen LogP contribution is 2.15. The van der Waals surface area contributed by atoms with E-state index in [4.69, 9.17) is 0 Å². The molecule has 1 fully saturated rings. The van der Waals surface area contributed by atoms with Gasteiger partial charge in [0.2, 0.25) is 5.95 Å². The molecule has 0 bridgehead atoms. The first kappa shape index (κ1) is 13.7. The van der Waals surface area contributed by atoms with Gasteiger partial charge >= 0.3 is 6.03 Å². The van der Waals surface area contributed by atoms with Gasteiger partial charge in [-0.2, -0.15) is 0 Å². The molecule has 2 amide bonds. The highest BCUT2D eigenvalue weighted by molar-refractivity contribution is 7.10. The van der Waals surface area contributed by atoms with E-state index in [0.29, 0.717) is 17.5 Å². The Kier molecular flexibility index (Phi) is 4.20. The standard InChI is InChI=1S/C12H15N7OS/c20-12(17-10-7-15-18-21-10)16-9-3-1-6-19(8-9)11-13-4-2-5-14-11/h2,4-5,7,9H,1,3,6,8H2,(H2,16,17,20). The van der Waals surface area contributed by atoms with Crippen molar-refractivity contribution in [3.8, 4) is 0 Å². The van der Waals surface area contributed by atoms with Gasteiger partial charge in [-0.15, -0.1) is 5.10 Å². The zero-order valence-electron chi connectivity index (χ0n) is 11.3. The van der Waals surface area contributed by atoms with Crippen LogP contribution in [0.4, 0.5) is 15.7 Å². The number of hydrogen-bond donors (Lipinski definition) is 2. The van der Waals surface area contributed by atoms with Crippen LogP contribution in [0.1, 0.15) is 12.8 Å². The van der Waals surface area contributed by atoms with Gasteiger partial charge in [0.25, 0.3) is 0 Å². The Balaban J connectivity index is 1.55. The summed E-state index contributed by atoms with van der Waals surface area (Å²) in [4.78, 5) is 22.5. The molecule has 1 aliphatic heterocycles. The number of carbonyl (C=O) groups is 1. The van der Waals surface area contributed by atoms with Crippen LogP contribution in [0.15, 0.2) is 24.7 Å². The fourth-order valence-corrected chi connectivity index (χ4v) is 2.70. The molecule has 8 nitrogen and oxygen atoms in total. The number of piperidine rings is 1. The molecule has 1 unspecified atom stereocenters. The zero-order chi connectivity index (χ0) is 14.5. The van der Waals surface area contributed by atoms with E-state index in [9.17, 15) is 4.79 Å². The lowest BCUT2D eigenvalue weighted by Gasteiger charge is -2.32. The van der Waals surface area contributed by atoms with E-state index < -0.39 is 0 Å². The molecular weight excluding hydrogens is 290 g/mol. The third kappa shape index (κ3) is 3.63. The highest BCUT2D eigenvalue weighted by Gasteiger charge is 2.23. The van der Waals surface area contributed by atoms with Crippen LogP contribution >= 0.6 is 11.5 Å². The number of aromatic nitrogens is 4. The van der Waals surface area contributed by atoms with Gasteiger partial charge in [-0.3, -0.25) is 5.32 Å². The number of hydrogen-bond acceptors (Lipinski definition) is 7. The van der Waals surface area contributed by atoms with Crippen molar-refractivity contribution in [3.63, 3.8) is 0 Å². The molecule has 0 spiro atoms. The zero-order valence-corrected chi connectivity index (χ0v) is 12.1. The number of nitrogens with one attached hydrogen (secondary N) is 2. The number of anilines is 2. The second-order valence-electron chi connectivity index (χ2n) is 4.71. The summed E-state index contributed by atoms with van der Waals surface area (Å²) < 4.78 is 3.70. The van der Waals surface area contributed by atoms with E-state index in [1.54, 1.807) is 18.5 Å². The number of urea groups is 1. The van der Waals surface area contributed by atoms with Crippen molar-refractivity contribution in [2.45, 2.75) is 18.9 Å². The van der Waals surface area contributed by atoms with Crippen molar-refractivity contribution < 1.29 is 4.79 Å². The molecule has 9 heteroatoms. The Morgan fingerprint density at radius 1 is 1.38 bits per heavy atom.